The minimum Gasteiger partial charge on any atom is -0.398 e. The van der Waals surface area contributed by atoms with E-state index >= 15 is 0 Å². The maximum Gasteiger partial charge on any atom is 0.0432 e. The molecule has 0 bridgehead atoms. The predicted molar refractivity (Wildman–Crippen MR) is 42.6 cm³/mol. The lowest BCUT2D eigenvalue weighted by Crippen LogP contribution is -2.00. The normalized spacial score (nSPS) is 9.80. The summed E-state index contributed by atoms with van der Waals surface area (Å²) in [7, 11) is 0. The molecular weight excluding hydrogens is 148 g/mol. The van der Waals surface area contributed by atoms with Gasteiger partial charge < -0.3 is 11.5 Å². The van der Waals surface area contributed by atoms with E-state index in [1.807, 2.05) is 0 Å². The third-order valence-corrected chi connectivity index (χ3v) is 1.45. The quantitative estimate of drug-likeness (QED) is 0.599. The largest absolute Gasteiger partial charge is 0.398 e. The summed E-state index contributed by atoms with van der Waals surface area (Å²) < 4.78 is 0. The lowest BCUT2D eigenvalue weighted by atomic mass is 10.2. The third-order valence-electron chi connectivity index (χ3n) is 1.23. The molecule has 0 saturated carbocycles. The van der Waals surface area contributed by atoms with Crippen molar-refractivity contribution in [2.75, 3.05) is 5.73 Å². The number of hydrogen-bond donors (Lipinski definition) is 2. The average Bonchev–Trinajstić information content (AvgIpc) is 1.88. The zero-order valence-corrected chi connectivity index (χ0v) is 6.15. The Morgan fingerprint density at radius 3 is 2.80 bits per heavy atom. The third kappa shape index (κ3) is 1.40. The van der Waals surface area contributed by atoms with Gasteiger partial charge in [-0.1, -0.05) is 11.6 Å². The Morgan fingerprint density at radius 1 is 1.60 bits per heavy atom. The molecule has 0 unspecified atom stereocenters. The second-order valence-electron chi connectivity index (χ2n) is 1.96. The zero-order valence-electron chi connectivity index (χ0n) is 5.39. The first-order valence-corrected chi connectivity index (χ1v) is 3.27. The van der Waals surface area contributed by atoms with Crippen LogP contribution in [0, 0.1) is 6.07 Å². The van der Waals surface area contributed by atoms with E-state index in [-0.39, 0.29) is 0 Å². The molecule has 0 aliphatic rings. The molecule has 0 amide bonds. The molecule has 3 heteroatoms. The van der Waals surface area contributed by atoms with Gasteiger partial charge in [0.1, 0.15) is 0 Å². The van der Waals surface area contributed by atoms with Gasteiger partial charge in [-0.25, -0.2) is 0 Å². The van der Waals surface area contributed by atoms with Crippen molar-refractivity contribution >= 4 is 17.3 Å². The maximum absolute atomic E-state index is 5.62. The van der Waals surface area contributed by atoms with Crippen LogP contribution < -0.4 is 11.5 Å². The summed E-state index contributed by atoms with van der Waals surface area (Å²) in [6.07, 6.45) is 0. The van der Waals surface area contributed by atoms with Crippen LogP contribution in [0.3, 0.4) is 0 Å². The molecule has 1 aromatic rings. The SMILES string of the molecule is NCc1[c]cc(Cl)cc1N. The fourth-order valence-electron chi connectivity index (χ4n) is 0.694. The van der Waals surface area contributed by atoms with Gasteiger partial charge in [0.15, 0.2) is 0 Å². The minimum absolute atomic E-state index is 0.406. The van der Waals surface area contributed by atoms with Crippen LogP contribution in [0.5, 0.6) is 0 Å². The van der Waals surface area contributed by atoms with E-state index in [2.05, 4.69) is 6.07 Å². The van der Waals surface area contributed by atoms with Crippen molar-refractivity contribution in [3.8, 4) is 0 Å². The van der Waals surface area contributed by atoms with Crippen molar-refractivity contribution in [1.29, 1.82) is 0 Å². The van der Waals surface area contributed by atoms with Gasteiger partial charge in [-0.2, -0.15) is 0 Å². The van der Waals surface area contributed by atoms with Crippen LogP contribution in [-0.4, -0.2) is 0 Å². The van der Waals surface area contributed by atoms with Crippen molar-refractivity contribution in [1.82, 2.24) is 0 Å². The van der Waals surface area contributed by atoms with Crippen LogP contribution in [0.25, 0.3) is 0 Å². The summed E-state index contributed by atoms with van der Waals surface area (Å²) in [5.41, 5.74) is 12.3. The predicted octanol–water partition coefficient (Wildman–Crippen LogP) is 1.18. The fraction of sp³-hybridized carbons (Fsp3) is 0.143. The summed E-state index contributed by atoms with van der Waals surface area (Å²) in [6.45, 7) is 0.406. The van der Waals surface area contributed by atoms with Crippen LogP contribution in [0.2, 0.25) is 5.02 Å². The van der Waals surface area contributed by atoms with Gasteiger partial charge in [0.25, 0.3) is 0 Å². The molecule has 0 heterocycles. The zero-order chi connectivity index (χ0) is 7.56. The molecule has 0 atom stereocenters. The molecule has 1 radical (unpaired) electrons. The summed E-state index contributed by atoms with van der Waals surface area (Å²) in [4.78, 5) is 0. The van der Waals surface area contributed by atoms with Gasteiger partial charge in [0.05, 0.1) is 0 Å². The number of nitrogen functional groups attached to an aromatic ring is 1. The molecule has 2 nitrogen and oxygen atoms in total. The maximum atomic E-state index is 5.62. The van der Waals surface area contributed by atoms with Crippen LogP contribution in [0.4, 0.5) is 5.69 Å². The minimum atomic E-state index is 0.406. The van der Waals surface area contributed by atoms with E-state index in [4.69, 9.17) is 23.1 Å². The highest BCUT2D eigenvalue weighted by molar-refractivity contribution is 6.30. The van der Waals surface area contributed by atoms with Crippen molar-refractivity contribution in [3.63, 3.8) is 0 Å². The van der Waals surface area contributed by atoms with E-state index in [0.717, 1.165) is 5.56 Å². The van der Waals surface area contributed by atoms with E-state index in [0.29, 0.717) is 17.3 Å². The number of anilines is 1. The molecule has 4 N–H and O–H groups in total. The highest BCUT2D eigenvalue weighted by atomic mass is 35.5. The highest BCUT2D eigenvalue weighted by Crippen LogP contribution is 2.16. The number of hydrogen-bond acceptors (Lipinski definition) is 2. The molecule has 0 saturated heterocycles. The van der Waals surface area contributed by atoms with Gasteiger partial charge in [-0.15, -0.1) is 0 Å². The van der Waals surface area contributed by atoms with E-state index in [1.165, 1.54) is 0 Å². The van der Waals surface area contributed by atoms with Crippen molar-refractivity contribution in [3.05, 3.63) is 28.8 Å². The van der Waals surface area contributed by atoms with Crippen molar-refractivity contribution in [2.45, 2.75) is 6.54 Å². The van der Waals surface area contributed by atoms with E-state index in [1.54, 1.807) is 12.1 Å². The first kappa shape index (κ1) is 7.38. The van der Waals surface area contributed by atoms with Gasteiger partial charge >= 0.3 is 0 Å². The first-order valence-electron chi connectivity index (χ1n) is 2.89. The second-order valence-corrected chi connectivity index (χ2v) is 2.39. The van der Waals surface area contributed by atoms with E-state index in [9.17, 15) is 0 Å². The molecule has 0 aromatic heterocycles. The number of halogens is 1. The smallest absolute Gasteiger partial charge is 0.0432 e. The number of nitrogens with two attached hydrogens (primary N) is 2. The van der Waals surface area contributed by atoms with Gasteiger partial charge in [-0.05, 0) is 23.8 Å². The summed E-state index contributed by atoms with van der Waals surface area (Å²) in [6, 6.07) is 6.19. The fourth-order valence-corrected chi connectivity index (χ4v) is 0.866. The lowest BCUT2D eigenvalue weighted by Gasteiger charge is -2.00. The lowest BCUT2D eigenvalue weighted by molar-refractivity contribution is 1.07. The van der Waals surface area contributed by atoms with Gasteiger partial charge in [0, 0.05) is 17.3 Å². The Kier molecular flexibility index (Phi) is 2.14. The Hall–Kier alpha value is -0.730. The summed E-state index contributed by atoms with van der Waals surface area (Å²) >= 11 is 5.62. The van der Waals surface area contributed by atoms with E-state index < -0.39 is 0 Å². The first-order chi connectivity index (χ1) is 4.74. The van der Waals surface area contributed by atoms with Crippen LogP contribution in [0.1, 0.15) is 5.56 Å². The molecule has 1 rings (SSSR count). The number of rotatable bonds is 1. The Morgan fingerprint density at radius 2 is 2.30 bits per heavy atom. The van der Waals surface area contributed by atoms with Gasteiger partial charge in [0.2, 0.25) is 0 Å². The Balaban J connectivity index is 3.07. The number of benzene rings is 1. The van der Waals surface area contributed by atoms with Crippen LogP contribution >= 0.6 is 11.6 Å². The monoisotopic (exact) mass is 155 g/mol. The molecule has 0 aliphatic carbocycles. The molecule has 0 aliphatic heterocycles. The van der Waals surface area contributed by atoms with Crippen molar-refractivity contribution in [2.24, 2.45) is 5.73 Å². The van der Waals surface area contributed by atoms with Crippen LogP contribution in [-0.2, 0) is 6.54 Å². The molecule has 53 valence electrons. The Bertz CT molecular complexity index is 235. The molecular formula is C7H8ClN2. The molecule has 10 heavy (non-hydrogen) atoms. The second kappa shape index (κ2) is 2.90. The summed E-state index contributed by atoms with van der Waals surface area (Å²) in [5.74, 6) is 0. The highest BCUT2D eigenvalue weighted by Gasteiger charge is 1.96. The molecule has 1 aromatic carbocycles. The van der Waals surface area contributed by atoms with Crippen LogP contribution in [0.15, 0.2) is 12.1 Å². The molecule has 0 fully saturated rings. The standard InChI is InChI=1S/C7H8ClN2/c8-6-2-1-5(4-9)7(10)3-6/h2-3H,4,9-10H2. The average molecular weight is 156 g/mol. The topological polar surface area (TPSA) is 52.0 Å². The summed E-state index contributed by atoms with van der Waals surface area (Å²) in [5, 5.41) is 0.592. The Labute approximate surface area is 64.8 Å². The van der Waals surface area contributed by atoms with Crippen molar-refractivity contribution < 1.29 is 0 Å². The van der Waals surface area contributed by atoms with Gasteiger partial charge in [-0.3, -0.25) is 0 Å². The molecule has 0 spiro atoms.